The Labute approximate surface area is 85.9 Å². The Kier molecular flexibility index (Phi) is 4.27. The average molecular weight is 213 g/mol. The number of benzene rings is 1. The van der Waals surface area contributed by atoms with Crippen LogP contribution in [0.2, 0.25) is 0 Å². The predicted molar refractivity (Wildman–Crippen MR) is 55.6 cm³/mol. The molecule has 0 bridgehead atoms. The molecule has 1 N–H and O–H groups in total. The Morgan fingerprint density at radius 1 is 1.43 bits per heavy atom. The largest absolute Gasteiger partial charge is 0.373 e. The SMILES string of the molecule is C#CCNc1ccccc1SC(F)F. The minimum atomic E-state index is -2.41. The Hall–Kier alpha value is -1.21. The Balaban J connectivity index is 2.76. The monoisotopic (exact) mass is 213 g/mol. The van der Waals surface area contributed by atoms with Crippen LogP contribution in [0.1, 0.15) is 0 Å². The Morgan fingerprint density at radius 2 is 2.14 bits per heavy atom. The van der Waals surface area contributed by atoms with E-state index in [1.54, 1.807) is 24.3 Å². The third kappa shape index (κ3) is 3.27. The van der Waals surface area contributed by atoms with Crippen LogP contribution in [0.25, 0.3) is 0 Å². The molecule has 0 fully saturated rings. The van der Waals surface area contributed by atoms with Crippen molar-refractivity contribution in [2.75, 3.05) is 11.9 Å². The van der Waals surface area contributed by atoms with Crippen molar-refractivity contribution in [3.63, 3.8) is 0 Å². The quantitative estimate of drug-likeness (QED) is 0.609. The molecule has 1 aromatic rings. The molecular weight excluding hydrogens is 204 g/mol. The minimum absolute atomic E-state index is 0.334. The van der Waals surface area contributed by atoms with Gasteiger partial charge in [-0.2, -0.15) is 8.78 Å². The topological polar surface area (TPSA) is 12.0 Å². The molecule has 0 heterocycles. The maximum atomic E-state index is 12.1. The first kappa shape index (κ1) is 10.9. The summed E-state index contributed by atoms with van der Waals surface area (Å²) in [6.45, 7) is 0.334. The van der Waals surface area contributed by atoms with Crippen LogP contribution in [0, 0.1) is 12.3 Å². The maximum absolute atomic E-state index is 12.1. The molecule has 0 saturated heterocycles. The first-order chi connectivity index (χ1) is 6.74. The van der Waals surface area contributed by atoms with E-state index < -0.39 is 5.76 Å². The molecule has 14 heavy (non-hydrogen) atoms. The number of anilines is 1. The number of para-hydroxylation sites is 1. The molecule has 1 nitrogen and oxygen atoms in total. The lowest BCUT2D eigenvalue weighted by molar-refractivity contribution is 0.252. The zero-order valence-corrected chi connectivity index (χ0v) is 8.15. The summed E-state index contributed by atoms with van der Waals surface area (Å²) in [6.07, 6.45) is 5.06. The van der Waals surface area contributed by atoms with E-state index in [9.17, 15) is 8.78 Å². The van der Waals surface area contributed by atoms with Crippen LogP contribution in [0.4, 0.5) is 14.5 Å². The molecule has 0 atom stereocenters. The number of nitrogens with one attached hydrogen (secondary N) is 1. The van der Waals surface area contributed by atoms with Gasteiger partial charge in [0.25, 0.3) is 5.76 Å². The number of hydrogen-bond donors (Lipinski definition) is 1. The van der Waals surface area contributed by atoms with Gasteiger partial charge in [-0.25, -0.2) is 0 Å². The summed E-state index contributed by atoms with van der Waals surface area (Å²) in [5.74, 6) is -0.0243. The van der Waals surface area contributed by atoms with Gasteiger partial charge >= 0.3 is 0 Å². The van der Waals surface area contributed by atoms with E-state index in [4.69, 9.17) is 6.42 Å². The van der Waals surface area contributed by atoms with Crippen LogP contribution >= 0.6 is 11.8 Å². The highest BCUT2D eigenvalue weighted by Gasteiger charge is 2.08. The van der Waals surface area contributed by atoms with Crippen molar-refractivity contribution in [1.29, 1.82) is 0 Å². The summed E-state index contributed by atoms with van der Waals surface area (Å²) in [4.78, 5) is 0.512. The molecular formula is C10H9F2NS. The number of halogens is 2. The number of thioether (sulfide) groups is 1. The molecule has 0 radical (unpaired) electrons. The molecule has 0 aromatic heterocycles. The van der Waals surface area contributed by atoms with Gasteiger partial charge in [-0.05, 0) is 12.1 Å². The molecule has 1 rings (SSSR count). The lowest BCUT2D eigenvalue weighted by atomic mass is 10.3. The normalized spacial score (nSPS) is 9.86. The molecule has 0 spiro atoms. The van der Waals surface area contributed by atoms with Gasteiger partial charge in [-0.3, -0.25) is 0 Å². The summed E-state index contributed by atoms with van der Waals surface area (Å²) in [5.41, 5.74) is 0.649. The number of hydrogen-bond acceptors (Lipinski definition) is 2. The molecule has 0 saturated carbocycles. The van der Waals surface area contributed by atoms with Crippen LogP contribution in [0.15, 0.2) is 29.2 Å². The van der Waals surface area contributed by atoms with Crippen LogP contribution in [0.5, 0.6) is 0 Å². The number of terminal acetylenes is 1. The lowest BCUT2D eigenvalue weighted by Gasteiger charge is -2.08. The zero-order chi connectivity index (χ0) is 10.4. The molecule has 0 aliphatic carbocycles. The molecule has 0 aliphatic heterocycles. The van der Waals surface area contributed by atoms with Gasteiger partial charge in [-0.1, -0.05) is 29.8 Å². The standard InChI is InChI=1S/C10H9F2NS/c1-2-7-13-8-5-3-4-6-9(8)14-10(11)12/h1,3-6,10,13H,7H2. The van der Waals surface area contributed by atoms with E-state index in [0.29, 0.717) is 28.9 Å². The van der Waals surface area contributed by atoms with Crippen LogP contribution in [-0.4, -0.2) is 12.3 Å². The Bertz CT molecular complexity index is 333. The zero-order valence-electron chi connectivity index (χ0n) is 7.34. The van der Waals surface area contributed by atoms with Crippen molar-refractivity contribution in [3.05, 3.63) is 24.3 Å². The maximum Gasteiger partial charge on any atom is 0.288 e. The van der Waals surface area contributed by atoms with Crippen molar-refractivity contribution in [2.24, 2.45) is 0 Å². The van der Waals surface area contributed by atoms with Gasteiger partial charge < -0.3 is 5.32 Å². The van der Waals surface area contributed by atoms with E-state index in [1.807, 2.05) is 0 Å². The van der Waals surface area contributed by atoms with Crippen molar-refractivity contribution < 1.29 is 8.78 Å². The van der Waals surface area contributed by atoms with Gasteiger partial charge in [0.1, 0.15) is 0 Å². The highest BCUT2D eigenvalue weighted by atomic mass is 32.2. The van der Waals surface area contributed by atoms with E-state index in [1.165, 1.54) is 0 Å². The molecule has 0 unspecified atom stereocenters. The van der Waals surface area contributed by atoms with Gasteiger partial charge in [0.05, 0.1) is 6.54 Å². The summed E-state index contributed by atoms with van der Waals surface area (Å²) < 4.78 is 24.2. The fraction of sp³-hybridized carbons (Fsp3) is 0.200. The predicted octanol–water partition coefficient (Wildman–Crippen LogP) is 3.05. The second kappa shape index (κ2) is 5.51. The molecule has 1 aromatic carbocycles. The Morgan fingerprint density at radius 3 is 2.79 bits per heavy atom. The van der Waals surface area contributed by atoms with Gasteiger partial charge in [0.15, 0.2) is 0 Å². The molecule has 0 aliphatic rings. The third-order valence-electron chi connectivity index (χ3n) is 1.48. The van der Waals surface area contributed by atoms with Gasteiger partial charge in [0.2, 0.25) is 0 Å². The number of rotatable bonds is 4. The second-order valence-electron chi connectivity index (χ2n) is 2.43. The van der Waals surface area contributed by atoms with Crippen molar-refractivity contribution >= 4 is 17.4 Å². The van der Waals surface area contributed by atoms with Crippen LogP contribution < -0.4 is 5.32 Å². The minimum Gasteiger partial charge on any atom is -0.373 e. The molecule has 4 heteroatoms. The average Bonchev–Trinajstić information content (AvgIpc) is 2.16. The van der Waals surface area contributed by atoms with Gasteiger partial charge in [-0.15, -0.1) is 6.42 Å². The van der Waals surface area contributed by atoms with Crippen LogP contribution in [0.3, 0.4) is 0 Å². The van der Waals surface area contributed by atoms with E-state index in [2.05, 4.69) is 11.2 Å². The fourth-order valence-corrected chi connectivity index (χ4v) is 1.57. The van der Waals surface area contributed by atoms with Gasteiger partial charge in [0, 0.05) is 10.6 Å². The molecule has 74 valence electrons. The first-order valence-electron chi connectivity index (χ1n) is 3.95. The van der Waals surface area contributed by atoms with E-state index >= 15 is 0 Å². The lowest BCUT2D eigenvalue weighted by Crippen LogP contribution is -1.99. The van der Waals surface area contributed by atoms with Crippen molar-refractivity contribution in [1.82, 2.24) is 0 Å². The fourth-order valence-electron chi connectivity index (χ4n) is 0.958. The first-order valence-corrected chi connectivity index (χ1v) is 4.83. The summed E-state index contributed by atoms with van der Waals surface area (Å²) in [7, 11) is 0. The highest BCUT2D eigenvalue weighted by molar-refractivity contribution is 7.99. The third-order valence-corrected chi connectivity index (χ3v) is 2.27. The summed E-state index contributed by atoms with van der Waals surface area (Å²) in [6, 6.07) is 6.85. The summed E-state index contributed by atoms with van der Waals surface area (Å²) >= 11 is 0.511. The van der Waals surface area contributed by atoms with E-state index in [-0.39, 0.29) is 0 Å². The molecule has 0 amide bonds. The number of alkyl halides is 2. The van der Waals surface area contributed by atoms with Crippen molar-refractivity contribution in [2.45, 2.75) is 10.7 Å². The van der Waals surface area contributed by atoms with Crippen molar-refractivity contribution in [3.8, 4) is 12.3 Å². The highest BCUT2D eigenvalue weighted by Crippen LogP contribution is 2.31. The summed E-state index contributed by atoms with van der Waals surface area (Å²) in [5, 5.41) is 2.88. The second-order valence-corrected chi connectivity index (χ2v) is 3.46. The van der Waals surface area contributed by atoms with E-state index in [0.717, 1.165) is 0 Å². The van der Waals surface area contributed by atoms with Crippen LogP contribution in [-0.2, 0) is 0 Å². The smallest absolute Gasteiger partial charge is 0.288 e.